The molecule has 0 spiro atoms. The lowest BCUT2D eigenvalue weighted by molar-refractivity contribution is -0.154. The Kier molecular flexibility index (Phi) is 37.1. The van der Waals surface area contributed by atoms with Crippen molar-refractivity contribution in [1.29, 1.82) is 0 Å². The fraction of sp³-hybridized carbons (Fsp3) is 0.780. The molecule has 0 heterocycles. The maximum Gasteiger partial charge on any atom is 0.306 e. The van der Waals surface area contributed by atoms with Crippen LogP contribution in [0.5, 0.6) is 0 Å². The highest BCUT2D eigenvalue weighted by Gasteiger charge is 2.13. The molecule has 45 heavy (non-hydrogen) atoms. The van der Waals surface area contributed by atoms with Crippen molar-refractivity contribution in [2.45, 2.75) is 187 Å². The van der Waals surface area contributed by atoms with E-state index in [0.717, 1.165) is 44.9 Å². The van der Waals surface area contributed by atoms with Gasteiger partial charge in [-0.15, -0.1) is 0 Å². The molecule has 0 radical (unpaired) electrons. The van der Waals surface area contributed by atoms with E-state index in [1.54, 1.807) is 0 Å². The molecule has 0 aromatic heterocycles. The second-order valence-electron chi connectivity index (χ2n) is 12.6. The van der Waals surface area contributed by atoms with Crippen molar-refractivity contribution >= 4 is 5.97 Å². The Bertz CT molecular complexity index is 708. The molecular formula is C41H74O4. The minimum absolute atomic E-state index is 0.181. The Labute approximate surface area is 280 Å². The van der Waals surface area contributed by atoms with Gasteiger partial charge in [0.25, 0.3) is 0 Å². The van der Waals surface area contributed by atoms with E-state index >= 15 is 0 Å². The van der Waals surface area contributed by atoms with Crippen LogP contribution in [0.25, 0.3) is 0 Å². The summed E-state index contributed by atoms with van der Waals surface area (Å²) in [6.07, 6.45) is 48.6. The summed E-state index contributed by atoms with van der Waals surface area (Å²) in [6.45, 7) is 5.26. The quantitative estimate of drug-likeness (QED) is 0.0430. The van der Waals surface area contributed by atoms with Gasteiger partial charge in [-0.3, -0.25) is 4.79 Å². The number of hydrogen-bond donors (Lipinski definition) is 1. The lowest BCUT2D eigenvalue weighted by atomic mass is 10.1. The van der Waals surface area contributed by atoms with Gasteiger partial charge >= 0.3 is 5.97 Å². The maximum absolute atomic E-state index is 12.1. The Morgan fingerprint density at radius 2 is 0.956 bits per heavy atom. The highest BCUT2D eigenvalue weighted by molar-refractivity contribution is 5.69. The first kappa shape index (κ1) is 43.4. The summed E-state index contributed by atoms with van der Waals surface area (Å²) in [5, 5.41) is 9.56. The largest absolute Gasteiger partial charge is 0.457 e. The molecule has 0 amide bonds. The first-order valence-electron chi connectivity index (χ1n) is 19.2. The molecule has 262 valence electrons. The van der Waals surface area contributed by atoms with Gasteiger partial charge in [0.1, 0.15) is 6.10 Å². The summed E-state index contributed by atoms with van der Waals surface area (Å²) >= 11 is 0. The third-order valence-electron chi connectivity index (χ3n) is 8.13. The molecule has 0 aromatic carbocycles. The zero-order valence-corrected chi connectivity index (χ0v) is 29.9. The lowest BCUT2D eigenvalue weighted by Crippen LogP contribution is -2.27. The van der Waals surface area contributed by atoms with E-state index in [0.29, 0.717) is 13.0 Å². The summed E-state index contributed by atoms with van der Waals surface area (Å²) in [5.74, 6) is -0.218. The molecule has 1 atom stereocenters. The van der Waals surface area contributed by atoms with Crippen molar-refractivity contribution < 1.29 is 19.4 Å². The summed E-state index contributed by atoms with van der Waals surface area (Å²) < 4.78 is 11.1. The molecule has 1 N–H and O–H groups in total. The third-order valence-corrected chi connectivity index (χ3v) is 8.13. The maximum atomic E-state index is 12.1. The van der Waals surface area contributed by atoms with Crippen LogP contribution in [-0.4, -0.2) is 37.0 Å². The monoisotopic (exact) mass is 631 g/mol. The molecule has 0 rings (SSSR count). The number of aliphatic hydroxyl groups is 1. The van der Waals surface area contributed by atoms with E-state index in [1.165, 1.54) is 116 Å². The summed E-state index contributed by atoms with van der Waals surface area (Å²) in [7, 11) is 0. The van der Waals surface area contributed by atoms with E-state index in [-0.39, 0.29) is 19.2 Å². The number of carbonyl (C=O) groups excluding carboxylic acids is 1. The molecule has 0 saturated heterocycles. The van der Waals surface area contributed by atoms with Gasteiger partial charge in [0.05, 0.1) is 13.2 Å². The van der Waals surface area contributed by atoms with Crippen LogP contribution in [0.1, 0.15) is 181 Å². The van der Waals surface area contributed by atoms with Crippen molar-refractivity contribution in [3.05, 3.63) is 48.6 Å². The molecule has 4 heteroatoms. The average molecular weight is 631 g/mol. The van der Waals surface area contributed by atoms with Gasteiger partial charge < -0.3 is 14.6 Å². The molecule has 0 saturated carbocycles. The Morgan fingerprint density at radius 3 is 1.44 bits per heavy atom. The average Bonchev–Trinajstić information content (AvgIpc) is 3.05. The zero-order chi connectivity index (χ0) is 32.7. The Balaban J connectivity index is 3.47. The molecule has 0 aliphatic rings. The minimum Gasteiger partial charge on any atom is -0.457 e. The molecule has 0 bridgehead atoms. The van der Waals surface area contributed by atoms with Crippen LogP contribution in [0, 0.1) is 0 Å². The van der Waals surface area contributed by atoms with Crippen molar-refractivity contribution in [1.82, 2.24) is 0 Å². The summed E-state index contributed by atoms with van der Waals surface area (Å²) in [6, 6.07) is 0. The van der Waals surface area contributed by atoms with Crippen molar-refractivity contribution in [3.8, 4) is 0 Å². The van der Waals surface area contributed by atoms with Gasteiger partial charge in [0.15, 0.2) is 0 Å². The van der Waals surface area contributed by atoms with Crippen molar-refractivity contribution in [2.75, 3.05) is 19.8 Å². The fourth-order valence-corrected chi connectivity index (χ4v) is 5.20. The van der Waals surface area contributed by atoms with Crippen LogP contribution in [0.2, 0.25) is 0 Å². The van der Waals surface area contributed by atoms with Crippen LogP contribution < -0.4 is 0 Å². The number of esters is 1. The summed E-state index contributed by atoms with van der Waals surface area (Å²) in [4.78, 5) is 12.1. The molecule has 1 unspecified atom stereocenters. The third kappa shape index (κ3) is 36.7. The Morgan fingerprint density at radius 1 is 0.533 bits per heavy atom. The van der Waals surface area contributed by atoms with Gasteiger partial charge in [0, 0.05) is 13.0 Å². The van der Waals surface area contributed by atoms with Crippen LogP contribution in [-0.2, 0) is 14.3 Å². The van der Waals surface area contributed by atoms with Crippen LogP contribution in [0.3, 0.4) is 0 Å². The predicted molar refractivity (Wildman–Crippen MR) is 196 cm³/mol. The first-order chi connectivity index (χ1) is 22.2. The topological polar surface area (TPSA) is 55.8 Å². The van der Waals surface area contributed by atoms with Crippen LogP contribution in [0.4, 0.5) is 0 Å². The van der Waals surface area contributed by atoms with Crippen molar-refractivity contribution in [3.63, 3.8) is 0 Å². The van der Waals surface area contributed by atoms with Gasteiger partial charge in [0.2, 0.25) is 0 Å². The second-order valence-corrected chi connectivity index (χ2v) is 12.6. The van der Waals surface area contributed by atoms with Gasteiger partial charge in [-0.1, -0.05) is 152 Å². The highest BCUT2D eigenvalue weighted by atomic mass is 16.6. The second kappa shape index (κ2) is 38.5. The minimum atomic E-state index is -0.544. The van der Waals surface area contributed by atoms with Crippen molar-refractivity contribution in [2.24, 2.45) is 0 Å². The van der Waals surface area contributed by atoms with Crippen LogP contribution >= 0.6 is 0 Å². The standard InChI is InChI=1S/C41H74O4/c1-3-5-7-9-11-13-15-17-19-20-21-22-23-25-27-29-31-33-35-37-44-39-40(38-42)45-41(43)36-34-32-30-28-26-24-18-16-14-12-10-8-6-4-2/h10,12-13,15-16,18-20,40,42H,3-9,11,14,17,21-39H2,1-2H3/b12-10-,15-13-,18-16-,20-19-. The van der Waals surface area contributed by atoms with E-state index in [2.05, 4.69) is 62.5 Å². The van der Waals surface area contributed by atoms with E-state index in [9.17, 15) is 9.90 Å². The molecule has 0 aliphatic carbocycles. The first-order valence-corrected chi connectivity index (χ1v) is 19.2. The van der Waals surface area contributed by atoms with Crippen LogP contribution in [0.15, 0.2) is 48.6 Å². The molecule has 4 nitrogen and oxygen atoms in total. The van der Waals surface area contributed by atoms with E-state index < -0.39 is 6.10 Å². The Hall–Kier alpha value is -1.65. The molecule has 0 aliphatic heterocycles. The van der Waals surface area contributed by atoms with E-state index in [4.69, 9.17) is 9.47 Å². The number of allylic oxidation sites excluding steroid dienone is 8. The lowest BCUT2D eigenvalue weighted by Gasteiger charge is -2.15. The van der Waals surface area contributed by atoms with Gasteiger partial charge in [-0.2, -0.15) is 0 Å². The fourth-order valence-electron chi connectivity index (χ4n) is 5.20. The van der Waals surface area contributed by atoms with E-state index in [1.807, 2.05) is 0 Å². The van der Waals surface area contributed by atoms with Gasteiger partial charge in [-0.25, -0.2) is 0 Å². The number of ether oxygens (including phenoxy) is 2. The highest BCUT2D eigenvalue weighted by Crippen LogP contribution is 2.12. The predicted octanol–water partition coefficient (Wildman–Crippen LogP) is 12.3. The number of aliphatic hydroxyl groups excluding tert-OH is 1. The number of rotatable bonds is 35. The summed E-state index contributed by atoms with van der Waals surface area (Å²) in [5.41, 5.74) is 0. The number of hydrogen-bond acceptors (Lipinski definition) is 4. The van der Waals surface area contributed by atoms with Gasteiger partial charge in [-0.05, 0) is 70.6 Å². The SMILES string of the molecule is CCCC/C=C\C/C=C\CCCCCCCC(=O)OC(CO)COCCCCCCCCCC/C=C\C/C=C\CCCCCC. The zero-order valence-electron chi connectivity index (χ0n) is 29.9. The molecule has 0 aromatic rings. The smallest absolute Gasteiger partial charge is 0.306 e. The molecular weight excluding hydrogens is 556 g/mol. The molecule has 0 fully saturated rings. The number of unbranched alkanes of at least 4 members (excludes halogenated alkanes) is 19. The normalized spacial score (nSPS) is 12.9. The number of carbonyl (C=O) groups is 1.